The lowest BCUT2D eigenvalue weighted by Crippen LogP contribution is -2.34. The molecule has 1 amide bonds. The van der Waals surface area contributed by atoms with Crippen molar-refractivity contribution < 1.29 is 14.6 Å². The Balaban J connectivity index is 2.55. The van der Waals surface area contributed by atoms with Crippen LogP contribution in [0.2, 0.25) is 0 Å². The number of amides is 1. The van der Waals surface area contributed by atoms with Crippen LogP contribution in [0.5, 0.6) is 0 Å². The van der Waals surface area contributed by atoms with Crippen LogP contribution in [0.4, 0.5) is 0 Å². The summed E-state index contributed by atoms with van der Waals surface area (Å²) in [6, 6.07) is 0. The molecule has 0 spiro atoms. The Labute approximate surface area is 93.6 Å². The Morgan fingerprint density at radius 3 is 2.94 bits per heavy atom. The summed E-state index contributed by atoms with van der Waals surface area (Å²) in [4.78, 5) is 19.5. The third-order valence-corrected chi connectivity index (χ3v) is 2.30. The van der Waals surface area contributed by atoms with E-state index in [2.05, 4.69) is 9.98 Å². The van der Waals surface area contributed by atoms with Crippen molar-refractivity contribution in [1.29, 1.82) is 0 Å². The SMILES string of the molecule is CN=C(N)/N=C\N(C=O)C1CCC(CO)O1. The van der Waals surface area contributed by atoms with Gasteiger partial charge in [0.1, 0.15) is 12.6 Å². The number of nitrogens with two attached hydrogens (primary N) is 1. The van der Waals surface area contributed by atoms with Gasteiger partial charge in [-0.2, -0.15) is 0 Å². The molecule has 2 unspecified atom stereocenters. The number of aliphatic hydroxyl groups excluding tert-OH is 1. The van der Waals surface area contributed by atoms with Crippen LogP contribution in [0.1, 0.15) is 12.8 Å². The zero-order valence-corrected chi connectivity index (χ0v) is 9.11. The zero-order valence-electron chi connectivity index (χ0n) is 9.11. The summed E-state index contributed by atoms with van der Waals surface area (Å²) in [7, 11) is 1.51. The molecular weight excluding hydrogens is 212 g/mol. The van der Waals surface area contributed by atoms with Gasteiger partial charge in [0.05, 0.1) is 12.7 Å². The van der Waals surface area contributed by atoms with Crippen molar-refractivity contribution in [2.75, 3.05) is 13.7 Å². The van der Waals surface area contributed by atoms with E-state index in [0.29, 0.717) is 12.8 Å². The first-order chi connectivity index (χ1) is 7.71. The first kappa shape index (κ1) is 12.6. The summed E-state index contributed by atoms with van der Waals surface area (Å²) in [5.41, 5.74) is 5.36. The average Bonchev–Trinajstić information content (AvgIpc) is 2.78. The lowest BCUT2D eigenvalue weighted by atomic mass is 10.2. The zero-order chi connectivity index (χ0) is 12.0. The largest absolute Gasteiger partial charge is 0.394 e. The minimum absolute atomic E-state index is 0.0428. The van der Waals surface area contributed by atoms with Gasteiger partial charge in [-0.05, 0) is 12.8 Å². The molecule has 7 nitrogen and oxygen atoms in total. The molecular formula is C9H16N4O3. The highest BCUT2D eigenvalue weighted by molar-refractivity contribution is 5.88. The highest BCUT2D eigenvalue weighted by Crippen LogP contribution is 2.20. The van der Waals surface area contributed by atoms with Crippen LogP contribution in [-0.2, 0) is 9.53 Å². The van der Waals surface area contributed by atoms with E-state index in [1.54, 1.807) is 0 Å². The molecule has 16 heavy (non-hydrogen) atoms. The highest BCUT2D eigenvalue weighted by atomic mass is 16.5. The number of aliphatic hydroxyl groups is 1. The van der Waals surface area contributed by atoms with Crippen molar-refractivity contribution in [1.82, 2.24) is 4.90 Å². The van der Waals surface area contributed by atoms with E-state index in [-0.39, 0.29) is 24.9 Å². The summed E-state index contributed by atoms with van der Waals surface area (Å²) in [6.07, 6.45) is 2.67. The molecule has 7 heteroatoms. The lowest BCUT2D eigenvalue weighted by Gasteiger charge is -2.19. The monoisotopic (exact) mass is 228 g/mol. The van der Waals surface area contributed by atoms with Crippen molar-refractivity contribution in [2.45, 2.75) is 25.2 Å². The fourth-order valence-corrected chi connectivity index (χ4v) is 1.39. The van der Waals surface area contributed by atoms with Crippen LogP contribution in [0, 0.1) is 0 Å². The van der Waals surface area contributed by atoms with Gasteiger partial charge in [0.25, 0.3) is 0 Å². The minimum atomic E-state index is -0.386. The molecule has 1 aliphatic rings. The molecule has 1 heterocycles. The van der Waals surface area contributed by atoms with Gasteiger partial charge in [-0.15, -0.1) is 0 Å². The van der Waals surface area contributed by atoms with Gasteiger partial charge in [0, 0.05) is 7.05 Å². The van der Waals surface area contributed by atoms with E-state index in [1.165, 1.54) is 18.3 Å². The fraction of sp³-hybridized carbons (Fsp3) is 0.667. The molecule has 0 aromatic rings. The molecule has 0 radical (unpaired) electrons. The maximum atomic E-state index is 10.8. The first-order valence-corrected chi connectivity index (χ1v) is 4.96. The molecule has 0 bridgehead atoms. The number of guanidine groups is 1. The van der Waals surface area contributed by atoms with E-state index < -0.39 is 0 Å². The topological polar surface area (TPSA) is 101 Å². The normalized spacial score (nSPS) is 26.2. The lowest BCUT2D eigenvalue weighted by molar-refractivity contribution is -0.124. The van der Waals surface area contributed by atoms with Crippen molar-refractivity contribution in [3.63, 3.8) is 0 Å². The molecule has 0 aromatic carbocycles. The smallest absolute Gasteiger partial charge is 0.216 e. The second kappa shape index (κ2) is 6.19. The van der Waals surface area contributed by atoms with Crippen molar-refractivity contribution in [3.05, 3.63) is 0 Å². The number of carbonyl (C=O) groups excluding carboxylic acids is 1. The molecule has 2 atom stereocenters. The van der Waals surface area contributed by atoms with E-state index in [1.807, 2.05) is 0 Å². The summed E-state index contributed by atoms with van der Waals surface area (Å²) in [6.45, 7) is -0.0428. The van der Waals surface area contributed by atoms with E-state index in [4.69, 9.17) is 15.6 Å². The third-order valence-electron chi connectivity index (χ3n) is 2.30. The number of rotatable bonds is 4. The quantitative estimate of drug-likeness (QED) is 0.363. The molecule has 90 valence electrons. The summed E-state index contributed by atoms with van der Waals surface area (Å²) in [5.74, 6) is 0.0866. The standard InChI is InChI=1S/C9H16N4O3/c1-11-9(10)12-5-13(6-15)8-3-2-7(4-14)16-8/h5-8,14H,2-4H2,1H3,(H2,10,11)/b12-5-. The van der Waals surface area contributed by atoms with Crippen molar-refractivity contribution in [3.8, 4) is 0 Å². The minimum Gasteiger partial charge on any atom is -0.394 e. The van der Waals surface area contributed by atoms with Gasteiger partial charge in [-0.25, -0.2) is 4.99 Å². The van der Waals surface area contributed by atoms with Crippen molar-refractivity contribution >= 4 is 18.7 Å². The van der Waals surface area contributed by atoms with Crippen LogP contribution in [0.3, 0.4) is 0 Å². The number of hydrogen-bond donors (Lipinski definition) is 2. The molecule has 0 saturated carbocycles. The van der Waals surface area contributed by atoms with Gasteiger partial charge in [-0.3, -0.25) is 14.7 Å². The average molecular weight is 228 g/mol. The van der Waals surface area contributed by atoms with E-state index in [9.17, 15) is 4.79 Å². The van der Waals surface area contributed by atoms with E-state index in [0.717, 1.165) is 6.42 Å². The molecule has 1 fully saturated rings. The summed E-state index contributed by atoms with van der Waals surface area (Å²) >= 11 is 0. The first-order valence-electron chi connectivity index (χ1n) is 4.96. The molecule has 3 N–H and O–H groups in total. The molecule has 1 aliphatic heterocycles. The second-order valence-electron chi connectivity index (χ2n) is 3.35. The summed E-state index contributed by atoms with van der Waals surface area (Å²) < 4.78 is 5.40. The predicted octanol–water partition coefficient (Wildman–Crippen LogP) is -1.08. The number of hydrogen-bond acceptors (Lipinski definition) is 4. The second-order valence-corrected chi connectivity index (χ2v) is 3.35. The maximum Gasteiger partial charge on any atom is 0.216 e. The van der Waals surface area contributed by atoms with Gasteiger partial charge in [0.15, 0.2) is 0 Å². The Morgan fingerprint density at radius 2 is 2.44 bits per heavy atom. The number of aliphatic imine (C=N–C) groups is 2. The van der Waals surface area contributed by atoms with Crippen LogP contribution in [-0.4, -0.2) is 54.7 Å². The molecule has 0 aromatic heterocycles. The molecule has 0 aliphatic carbocycles. The van der Waals surface area contributed by atoms with Crippen LogP contribution < -0.4 is 5.73 Å². The Kier molecular flexibility index (Phi) is 4.87. The van der Waals surface area contributed by atoms with Crippen LogP contribution in [0.25, 0.3) is 0 Å². The Hall–Kier alpha value is -1.47. The Bertz CT molecular complexity index is 292. The van der Waals surface area contributed by atoms with Crippen LogP contribution >= 0.6 is 0 Å². The molecule has 1 saturated heterocycles. The van der Waals surface area contributed by atoms with Gasteiger partial charge in [-0.1, -0.05) is 0 Å². The van der Waals surface area contributed by atoms with E-state index >= 15 is 0 Å². The number of carbonyl (C=O) groups is 1. The fourth-order valence-electron chi connectivity index (χ4n) is 1.39. The van der Waals surface area contributed by atoms with Gasteiger partial charge in [0.2, 0.25) is 12.4 Å². The molecule has 1 rings (SSSR count). The third kappa shape index (κ3) is 3.28. The highest BCUT2D eigenvalue weighted by Gasteiger charge is 2.28. The van der Waals surface area contributed by atoms with Gasteiger partial charge < -0.3 is 15.6 Å². The van der Waals surface area contributed by atoms with Crippen LogP contribution in [0.15, 0.2) is 9.98 Å². The summed E-state index contributed by atoms with van der Waals surface area (Å²) in [5, 5.41) is 8.89. The maximum absolute atomic E-state index is 10.8. The van der Waals surface area contributed by atoms with Gasteiger partial charge >= 0.3 is 0 Å². The predicted molar refractivity (Wildman–Crippen MR) is 58.9 cm³/mol. The Morgan fingerprint density at radius 1 is 1.69 bits per heavy atom. The number of nitrogens with zero attached hydrogens (tertiary/aromatic N) is 3. The van der Waals surface area contributed by atoms with Crippen molar-refractivity contribution in [2.24, 2.45) is 15.7 Å². The number of ether oxygens (including phenoxy) is 1.